The molecule has 0 bridgehead atoms. The Morgan fingerprint density at radius 2 is 0.887 bits per heavy atom. The average molecular weight is 792 g/mol. The van der Waals surface area contributed by atoms with Gasteiger partial charge in [-0.1, -0.05) is 127 Å². The van der Waals surface area contributed by atoms with Gasteiger partial charge in [-0.3, -0.25) is 0 Å². The molecule has 10 aromatic carbocycles. The summed E-state index contributed by atoms with van der Waals surface area (Å²) in [6, 6.07) is 81.0. The minimum atomic E-state index is 0.877. The van der Waals surface area contributed by atoms with Crippen molar-refractivity contribution in [2.45, 2.75) is 0 Å². The molecule has 0 unspecified atom stereocenters. The van der Waals surface area contributed by atoms with Crippen molar-refractivity contribution >= 4 is 93.4 Å². The second kappa shape index (κ2) is 13.6. The maximum Gasteiger partial charge on any atom is 0.135 e. The normalized spacial score (nSPS) is 11.9. The molecule has 13 rings (SSSR count). The van der Waals surface area contributed by atoms with E-state index in [1.165, 1.54) is 48.9 Å². The van der Waals surface area contributed by atoms with E-state index in [1.54, 1.807) is 0 Å². The van der Waals surface area contributed by atoms with Crippen molar-refractivity contribution in [1.29, 1.82) is 0 Å². The van der Waals surface area contributed by atoms with Gasteiger partial charge in [0.25, 0.3) is 0 Å². The zero-order chi connectivity index (χ0) is 40.7. The highest BCUT2D eigenvalue weighted by molar-refractivity contribution is 6.17. The first-order chi connectivity index (χ1) is 30.7. The zero-order valence-electron chi connectivity index (χ0n) is 33.6. The molecule has 3 aromatic heterocycles. The van der Waals surface area contributed by atoms with Crippen molar-refractivity contribution in [1.82, 2.24) is 9.13 Å². The van der Waals surface area contributed by atoms with E-state index in [1.807, 2.05) is 12.1 Å². The smallest absolute Gasteiger partial charge is 0.135 e. The second-order valence-corrected chi connectivity index (χ2v) is 16.1. The van der Waals surface area contributed by atoms with Gasteiger partial charge in [0.15, 0.2) is 0 Å². The van der Waals surface area contributed by atoms with Gasteiger partial charge in [0.05, 0.1) is 27.8 Å². The summed E-state index contributed by atoms with van der Waals surface area (Å²) >= 11 is 0. The molecular weight excluding hydrogens is 755 g/mol. The molecule has 0 radical (unpaired) electrons. The summed E-state index contributed by atoms with van der Waals surface area (Å²) in [5.74, 6) is 0. The van der Waals surface area contributed by atoms with E-state index < -0.39 is 0 Å². The lowest BCUT2D eigenvalue weighted by atomic mass is 10.0. The van der Waals surface area contributed by atoms with Gasteiger partial charge in [0.1, 0.15) is 11.2 Å². The van der Waals surface area contributed by atoms with Crippen LogP contribution in [0.25, 0.3) is 98.8 Å². The summed E-state index contributed by atoms with van der Waals surface area (Å²) in [5.41, 5.74) is 14.3. The van der Waals surface area contributed by atoms with Gasteiger partial charge in [-0.15, -0.1) is 0 Å². The van der Waals surface area contributed by atoms with E-state index in [0.717, 1.165) is 67.0 Å². The SMILES string of the molecule is c1ccc(-n2c3ccccc3c3c(N(c4ccc(-c5ccc(-n6c7ccccc7c7cc8ccccc8cc76)cc5)cc4)c4ccc5oc6ccccc6c5c4)cccc32)cc1. The molecule has 0 aliphatic rings. The standard InChI is InChI=1S/C58H37N3O/c1-2-15-42(16-3-1)60-52-21-10-7-19-48(52)58-53(22-12-23-54(58)60)59(45-33-34-57-50(37-45)47-18-8-11-24-56(47)62-57)43-29-25-38(26-30-43)39-27-31-44(32-28-39)61-51-20-9-6-17-46(51)49-35-40-13-4-5-14-41(40)36-55(49)61/h1-37H. The highest BCUT2D eigenvalue weighted by Crippen LogP contribution is 2.45. The van der Waals surface area contributed by atoms with E-state index in [2.05, 4.69) is 226 Å². The molecule has 0 saturated heterocycles. The number of nitrogens with zero attached hydrogens (tertiary/aromatic N) is 3. The van der Waals surface area contributed by atoms with Crippen LogP contribution in [0, 0.1) is 0 Å². The predicted molar refractivity (Wildman–Crippen MR) is 260 cm³/mol. The third-order valence-corrected chi connectivity index (χ3v) is 12.7. The van der Waals surface area contributed by atoms with Crippen molar-refractivity contribution in [2.24, 2.45) is 0 Å². The molecule has 0 saturated carbocycles. The number of hydrogen-bond donors (Lipinski definition) is 0. The van der Waals surface area contributed by atoms with Crippen molar-refractivity contribution in [3.63, 3.8) is 0 Å². The van der Waals surface area contributed by atoms with Gasteiger partial charge in [-0.2, -0.15) is 0 Å². The Labute approximate surface area is 357 Å². The van der Waals surface area contributed by atoms with Crippen LogP contribution < -0.4 is 4.90 Å². The maximum atomic E-state index is 6.31. The van der Waals surface area contributed by atoms with Crippen molar-refractivity contribution in [3.8, 4) is 22.5 Å². The Balaban J connectivity index is 0.952. The minimum absolute atomic E-state index is 0.877. The summed E-state index contributed by atoms with van der Waals surface area (Å²) in [4.78, 5) is 2.41. The Bertz CT molecular complexity index is 3850. The van der Waals surface area contributed by atoms with Crippen LogP contribution >= 0.6 is 0 Å². The first-order valence-electron chi connectivity index (χ1n) is 21.2. The van der Waals surface area contributed by atoms with Crippen LogP contribution in [0.4, 0.5) is 17.1 Å². The van der Waals surface area contributed by atoms with Gasteiger partial charge in [0, 0.05) is 55.1 Å². The first kappa shape index (κ1) is 34.5. The molecule has 4 nitrogen and oxygen atoms in total. The lowest BCUT2D eigenvalue weighted by molar-refractivity contribution is 0.669. The molecule has 0 atom stereocenters. The maximum absolute atomic E-state index is 6.31. The van der Waals surface area contributed by atoms with Crippen LogP contribution in [0.1, 0.15) is 0 Å². The molecule has 0 aliphatic heterocycles. The quantitative estimate of drug-likeness (QED) is 0.168. The van der Waals surface area contributed by atoms with Crippen LogP contribution in [0.2, 0.25) is 0 Å². The van der Waals surface area contributed by atoms with E-state index in [0.29, 0.717) is 0 Å². The van der Waals surface area contributed by atoms with Crippen LogP contribution in [0.3, 0.4) is 0 Å². The fourth-order valence-electron chi connectivity index (χ4n) is 9.86. The number of para-hydroxylation sites is 4. The van der Waals surface area contributed by atoms with Gasteiger partial charge >= 0.3 is 0 Å². The number of fused-ring (bicyclic) bond motifs is 10. The number of anilines is 3. The minimum Gasteiger partial charge on any atom is -0.456 e. The summed E-state index contributed by atoms with van der Waals surface area (Å²) in [7, 11) is 0. The van der Waals surface area contributed by atoms with Crippen molar-refractivity contribution < 1.29 is 4.42 Å². The highest BCUT2D eigenvalue weighted by atomic mass is 16.3. The van der Waals surface area contributed by atoms with E-state index >= 15 is 0 Å². The summed E-state index contributed by atoms with van der Waals surface area (Å²) in [5, 5.41) is 9.63. The topological polar surface area (TPSA) is 26.2 Å². The second-order valence-electron chi connectivity index (χ2n) is 16.1. The number of hydrogen-bond acceptors (Lipinski definition) is 2. The monoisotopic (exact) mass is 791 g/mol. The molecular formula is C58H37N3O. The molecule has 0 fully saturated rings. The number of furan rings is 1. The van der Waals surface area contributed by atoms with Gasteiger partial charge in [-0.05, 0) is 119 Å². The molecule has 62 heavy (non-hydrogen) atoms. The number of rotatable bonds is 6. The summed E-state index contributed by atoms with van der Waals surface area (Å²) in [6.07, 6.45) is 0. The van der Waals surface area contributed by atoms with Crippen LogP contribution in [0.5, 0.6) is 0 Å². The summed E-state index contributed by atoms with van der Waals surface area (Å²) < 4.78 is 11.1. The first-order valence-corrected chi connectivity index (χ1v) is 21.2. The Kier molecular flexibility index (Phi) is 7.57. The Hall–Kier alpha value is -8.34. The van der Waals surface area contributed by atoms with Crippen LogP contribution in [-0.4, -0.2) is 9.13 Å². The van der Waals surface area contributed by atoms with Crippen LogP contribution in [0.15, 0.2) is 229 Å². The van der Waals surface area contributed by atoms with E-state index in [-0.39, 0.29) is 0 Å². The molecule has 4 heteroatoms. The zero-order valence-corrected chi connectivity index (χ0v) is 33.6. The molecule has 0 amide bonds. The highest BCUT2D eigenvalue weighted by Gasteiger charge is 2.22. The Morgan fingerprint density at radius 3 is 1.68 bits per heavy atom. The molecule has 0 spiro atoms. The van der Waals surface area contributed by atoms with Crippen molar-refractivity contribution in [2.75, 3.05) is 4.90 Å². The van der Waals surface area contributed by atoms with Gasteiger partial charge in [0.2, 0.25) is 0 Å². The fraction of sp³-hybridized carbons (Fsp3) is 0. The third-order valence-electron chi connectivity index (χ3n) is 12.7. The lowest BCUT2D eigenvalue weighted by Crippen LogP contribution is -2.10. The van der Waals surface area contributed by atoms with E-state index in [9.17, 15) is 0 Å². The largest absolute Gasteiger partial charge is 0.456 e. The average Bonchev–Trinajstić information content (AvgIpc) is 3.99. The number of benzene rings is 10. The summed E-state index contributed by atoms with van der Waals surface area (Å²) in [6.45, 7) is 0. The molecule has 3 heterocycles. The van der Waals surface area contributed by atoms with E-state index in [4.69, 9.17) is 4.42 Å². The van der Waals surface area contributed by atoms with Gasteiger partial charge in [-0.25, -0.2) is 0 Å². The molecule has 13 aromatic rings. The molecule has 0 N–H and O–H groups in total. The molecule has 0 aliphatic carbocycles. The Morgan fingerprint density at radius 1 is 0.323 bits per heavy atom. The predicted octanol–water partition coefficient (Wildman–Crippen LogP) is 16.1. The third kappa shape index (κ3) is 5.27. The molecule has 290 valence electrons. The lowest BCUT2D eigenvalue weighted by Gasteiger charge is -2.27. The van der Waals surface area contributed by atoms with Gasteiger partial charge < -0.3 is 18.5 Å². The van der Waals surface area contributed by atoms with Crippen molar-refractivity contribution in [3.05, 3.63) is 224 Å². The van der Waals surface area contributed by atoms with Crippen LogP contribution in [-0.2, 0) is 0 Å². The fourth-order valence-corrected chi connectivity index (χ4v) is 9.86. The number of aromatic nitrogens is 2.